The van der Waals surface area contributed by atoms with Crippen molar-refractivity contribution in [1.29, 1.82) is 0 Å². The Morgan fingerprint density at radius 2 is 1.86 bits per heavy atom. The molecule has 0 spiro atoms. The van der Waals surface area contributed by atoms with Crippen LogP contribution in [0.5, 0.6) is 0 Å². The summed E-state index contributed by atoms with van der Waals surface area (Å²) in [6, 6.07) is 10.9. The summed E-state index contributed by atoms with van der Waals surface area (Å²) in [4.78, 5) is 4.96. The van der Waals surface area contributed by atoms with Gasteiger partial charge in [0, 0.05) is 22.8 Å². The van der Waals surface area contributed by atoms with Crippen molar-refractivity contribution >= 4 is 11.3 Å². The van der Waals surface area contributed by atoms with Crippen LogP contribution in [0.25, 0.3) is 10.4 Å². The summed E-state index contributed by atoms with van der Waals surface area (Å²) >= 11 is 1.91. The number of hydrogen-bond acceptors (Lipinski definition) is 3. The standard InChI is InChI=1S/C19H27NOS/c1-14-12-17(19(2,3)4)22-18(14)16-9-7-6-8-15(16)13-20(5)10-11-21/h6-9,12,21H,10-11,13H2,1-5H3. The molecule has 0 amide bonds. The molecule has 2 aromatic rings. The van der Waals surface area contributed by atoms with Crippen LogP contribution in [-0.4, -0.2) is 30.2 Å². The van der Waals surface area contributed by atoms with Gasteiger partial charge in [0.2, 0.25) is 0 Å². The molecule has 0 aliphatic heterocycles. The van der Waals surface area contributed by atoms with Crippen molar-refractivity contribution in [1.82, 2.24) is 4.90 Å². The molecular weight excluding hydrogens is 290 g/mol. The lowest BCUT2D eigenvalue weighted by molar-refractivity contribution is 0.217. The van der Waals surface area contributed by atoms with Crippen molar-refractivity contribution < 1.29 is 5.11 Å². The normalized spacial score (nSPS) is 12.1. The SMILES string of the molecule is Cc1cc(C(C)(C)C)sc1-c1ccccc1CN(C)CCO. The number of benzene rings is 1. The molecule has 0 bridgehead atoms. The maximum absolute atomic E-state index is 9.10. The Morgan fingerprint density at radius 3 is 2.45 bits per heavy atom. The smallest absolute Gasteiger partial charge is 0.0558 e. The summed E-state index contributed by atoms with van der Waals surface area (Å²) in [5.74, 6) is 0. The predicted molar refractivity (Wildman–Crippen MR) is 96.6 cm³/mol. The molecule has 1 N–H and O–H groups in total. The van der Waals surface area contributed by atoms with E-state index >= 15 is 0 Å². The van der Waals surface area contributed by atoms with Crippen LogP contribution in [0.15, 0.2) is 30.3 Å². The van der Waals surface area contributed by atoms with E-state index in [4.69, 9.17) is 5.11 Å². The van der Waals surface area contributed by atoms with Gasteiger partial charge in [0.05, 0.1) is 6.61 Å². The van der Waals surface area contributed by atoms with Gasteiger partial charge in [0.25, 0.3) is 0 Å². The molecule has 1 aromatic heterocycles. The molecule has 0 fully saturated rings. The first kappa shape index (κ1) is 17.2. The Kier molecular flexibility index (Phi) is 5.43. The zero-order valence-corrected chi connectivity index (χ0v) is 15.1. The van der Waals surface area contributed by atoms with E-state index in [1.54, 1.807) is 0 Å². The summed E-state index contributed by atoms with van der Waals surface area (Å²) < 4.78 is 0. The first-order chi connectivity index (χ1) is 10.3. The summed E-state index contributed by atoms with van der Waals surface area (Å²) in [6.07, 6.45) is 0. The predicted octanol–water partition coefficient (Wildman–Crippen LogP) is 4.45. The van der Waals surface area contributed by atoms with Crippen molar-refractivity contribution in [2.75, 3.05) is 20.2 Å². The summed E-state index contributed by atoms with van der Waals surface area (Å²) in [5, 5.41) is 9.10. The van der Waals surface area contributed by atoms with Crippen molar-refractivity contribution in [2.45, 2.75) is 39.7 Å². The highest BCUT2D eigenvalue weighted by Crippen LogP contribution is 2.39. The maximum atomic E-state index is 9.10. The summed E-state index contributed by atoms with van der Waals surface area (Å²) in [6.45, 7) is 10.8. The first-order valence-electron chi connectivity index (χ1n) is 7.81. The molecule has 0 radical (unpaired) electrons. The van der Waals surface area contributed by atoms with Crippen LogP contribution in [0, 0.1) is 6.92 Å². The number of thiophene rings is 1. The summed E-state index contributed by atoms with van der Waals surface area (Å²) in [7, 11) is 2.05. The van der Waals surface area contributed by atoms with E-state index in [2.05, 4.69) is 70.0 Å². The fraction of sp³-hybridized carbons (Fsp3) is 0.474. The maximum Gasteiger partial charge on any atom is 0.0558 e. The zero-order chi connectivity index (χ0) is 16.3. The zero-order valence-electron chi connectivity index (χ0n) is 14.3. The van der Waals surface area contributed by atoms with Crippen molar-refractivity contribution in [3.05, 3.63) is 46.3 Å². The lowest BCUT2D eigenvalue weighted by Gasteiger charge is -2.18. The van der Waals surface area contributed by atoms with E-state index in [1.807, 2.05) is 11.3 Å². The molecule has 0 saturated heterocycles. The third kappa shape index (κ3) is 3.97. The van der Waals surface area contributed by atoms with E-state index in [1.165, 1.54) is 26.4 Å². The topological polar surface area (TPSA) is 23.5 Å². The lowest BCUT2D eigenvalue weighted by Crippen LogP contribution is -2.21. The molecule has 120 valence electrons. The second kappa shape index (κ2) is 6.95. The van der Waals surface area contributed by atoms with Crippen molar-refractivity contribution in [3.8, 4) is 10.4 Å². The van der Waals surface area contributed by atoms with E-state index in [0.717, 1.165) is 6.54 Å². The average Bonchev–Trinajstić information content (AvgIpc) is 2.81. The number of hydrogen-bond donors (Lipinski definition) is 1. The third-order valence-corrected chi connectivity index (χ3v) is 5.54. The fourth-order valence-electron chi connectivity index (χ4n) is 2.54. The highest BCUT2D eigenvalue weighted by Gasteiger charge is 2.20. The van der Waals surface area contributed by atoms with Crippen LogP contribution in [0.3, 0.4) is 0 Å². The fourth-order valence-corrected chi connectivity index (χ4v) is 3.83. The van der Waals surface area contributed by atoms with Gasteiger partial charge in [-0.15, -0.1) is 11.3 Å². The molecular formula is C19H27NOS. The third-order valence-electron chi connectivity index (χ3n) is 3.84. The van der Waals surface area contributed by atoms with Crippen LogP contribution in [-0.2, 0) is 12.0 Å². The van der Waals surface area contributed by atoms with Crippen LogP contribution in [0.1, 0.15) is 36.8 Å². The van der Waals surface area contributed by atoms with Crippen LogP contribution in [0.4, 0.5) is 0 Å². The minimum Gasteiger partial charge on any atom is -0.395 e. The molecule has 1 heterocycles. The van der Waals surface area contributed by atoms with Crippen LogP contribution >= 0.6 is 11.3 Å². The lowest BCUT2D eigenvalue weighted by atomic mass is 9.94. The molecule has 0 aliphatic rings. The van der Waals surface area contributed by atoms with Gasteiger partial charge in [0.1, 0.15) is 0 Å². The van der Waals surface area contributed by atoms with E-state index < -0.39 is 0 Å². The van der Waals surface area contributed by atoms with Crippen molar-refractivity contribution in [3.63, 3.8) is 0 Å². The van der Waals surface area contributed by atoms with Gasteiger partial charge in [0.15, 0.2) is 0 Å². The molecule has 0 saturated carbocycles. The number of rotatable bonds is 5. The molecule has 2 nitrogen and oxygen atoms in total. The van der Waals surface area contributed by atoms with Gasteiger partial charge in [-0.25, -0.2) is 0 Å². The van der Waals surface area contributed by atoms with Gasteiger partial charge >= 0.3 is 0 Å². The molecule has 0 aliphatic carbocycles. The van der Waals surface area contributed by atoms with Gasteiger partial charge < -0.3 is 5.11 Å². The Hall–Kier alpha value is -1.16. The van der Waals surface area contributed by atoms with Gasteiger partial charge in [-0.05, 0) is 42.1 Å². The Balaban J connectivity index is 2.39. The van der Waals surface area contributed by atoms with Gasteiger partial charge in [-0.3, -0.25) is 4.90 Å². The molecule has 22 heavy (non-hydrogen) atoms. The Morgan fingerprint density at radius 1 is 1.18 bits per heavy atom. The highest BCUT2D eigenvalue weighted by atomic mass is 32.1. The van der Waals surface area contributed by atoms with Crippen LogP contribution in [0.2, 0.25) is 0 Å². The minimum atomic E-state index is 0.191. The summed E-state index contributed by atoms with van der Waals surface area (Å²) in [5.41, 5.74) is 4.19. The van der Waals surface area contributed by atoms with Gasteiger partial charge in [-0.2, -0.15) is 0 Å². The average molecular weight is 317 g/mol. The number of aryl methyl sites for hydroxylation is 1. The number of aliphatic hydroxyl groups excluding tert-OH is 1. The molecule has 0 unspecified atom stereocenters. The minimum absolute atomic E-state index is 0.191. The molecule has 0 atom stereocenters. The second-order valence-electron chi connectivity index (χ2n) is 6.99. The Labute approximate surface area is 138 Å². The number of likely N-dealkylation sites (N-methyl/N-ethyl adjacent to an activating group) is 1. The molecule has 2 rings (SSSR count). The van der Waals surface area contributed by atoms with Crippen LogP contribution < -0.4 is 0 Å². The number of aliphatic hydroxyl groups is 1. The van der Waals surface area contributed by atoms with Gasteiger partial charge in [-0.1, -0.05) is 45.0 Å². The highest BCUT2D eigenvalue weighted by molar-refractivity contribution is 7.15. The first-order valence-corrected chi connectivity index (χ1v) is 8.63. The second-order valence-corrected chi connectivity index (χ2v) is 8.04. The number of nitrogens with zero attached hydrogens (tertiary/aromatic N) is 1. The largest absolute Gasteiger partial charge is 0.395 e. The van der Waals surface area contributed by atoms with E-state index in [9.17, 15) is 0 Å². The van der Waals surface area contributed by atoms with Crippen molar-refractivity contribution in [2.24, 2.45) is 0 Å². The Bertz CT molecular complexity index is 625. The van der Waals surface area contributed by atoms with E-state index in [0.29, 0.717) is 6.54 Å². The van der Waals surface area contributed by atoms with E-state index in [-0.39, 0.29) is 12.0 Å². The monoisotopic (exact) mass is 317 g/mol. The molecule has 1 aromatic carbocycles. The quantitative estimate of drug-likeness (QED) is 0.881. The molecule has 3 heteroatoms.